The molecule has 0 radical (unpaired) electrons. The normalized spacial score (nSPS) is 17.2. The minimum absolute atomic E-state index is 0.359. The molecule has 0 aliphatic heterocycles. The summed E-state index contributed by atoms with van der Waals surface area (Å²) in [6, 6.07) is 10.7. The van der Waals surface area contributed by atoms with Crippen LogP contribution in [-0.4, -0.2) is 31.9 Å². The van der Waals surface area contributed by atoms with Crippen LogP contribution in [0.25, 0.3) is 0 Å². The van der Waals surface area contributed by atoms with Gasteiger partial charge in [-0.2, -0.15) is 5.26 Å². The summed E-state index contributed by atoms with van der Waals surface area (Å²) in [6.45, 7) is 2.97. The van der Waals surface area contributed by atoms with Gasteiger partial charge in [0.1, 0.15) is 17.9 Å². The third-order valence-corrected chi connectivity index (χ3v) is 3.39. The first-order valence-electron chi connectivity index (χ1n) is 7.05. The van der Waals surface area contributed by atoms with Crippen molar-refractivity contribution in [2.24, 2.45) is 0 Å². The van der Waals surface area contributed by atoms with E-state index in [-0.39, 0.29) is 0 Å². The van der Waals surface area contributed by atoms with E-state index < -0.39 is 5.54 Å². The maximum atomic E-state index is 9.27. The molecule has 1 aromatic rings. The molecule has 20 heavy (non-hydrogen) atoms. The highest BCUT2D eigenvalue weighted by atomic mass is 16.5. The Morgan fingerprint density at radius 3 is 2.60 bits per heavy atom. The van der Waals surface area contributed by atoms with Crippen LogP contribution in [-0.2, 0) is 11.2 Å². The first-order chi connectivity index (χ1) is 9.65. The smallest absolute Gasteiger partial charge is 0.138 e. The van der Waals surface area contributed by atoms with Gasteiger partial charge in [-0.3, -0.25) is 5.32 Å². The third-order valence-electron chi connectivity index (χ3n) is 3.39. The maximum absolute atomic E-state index is 9.27. The number of nitrogens with zero attached hydrogens (tertiary/aromatic N) is 1. The van der Waals surface area contributed by atoms with Gasteiger partial charge in [-0.15, -0.1) is 0 Å². The fourth-order valence-corrected chi connectivity index (χ4v) is 1.98. The molecular formula is C16H22N2O2. The summed E-state index contributed by atoms with van der Waals surface area (Å²) in [6.07, 6.45) is 3.22. The largest absolute Gasteiger partial charge is 0.491 e. The second kappa shape index (κ2) is 6.74. The lowest BCUT2D eigenvalue weighted by Crippen LogP contribution is -2.47. The molecule has 0 aromatic heterocycles. The van der Waals surface area contributed by atoms with E-state index in [9.17, 15) is 5.26 Å². The maximum Gasteiger partial charge on any atom is 0.138 e. The summed E-state index contributed by atoms with van der Waals surface area (Å²) in [7, 11) is 1.70. The zero-order valence-corrected chi connectivity index (χ0v) is 12.2. The first-order valence-corrected chi connectivity index (χ1v) is 7.05. The van der Waals surface area contributed by atoms with E-state index in [0.29, 0.717) is 12.6 Å². The molecule has 108 valence electrons. The molecule has 0 saturated heterocycles. The van der Waals surface area contributed by atoms with Gasteiger partial charge in [0.2, 0.25) is 0 Å². The number of hydrogen-bond acceptors (Lipinski definition) is 4. The molecule has 0 amide bonds. The molecule has 4 nitrogen and oxygen atoms in total. The molecule has 0 spiro atoms. The Morgan fingerprint density at radius 2 is 2.05 bits per heavy atom. The monoisotopic (exact) mass is 274 g/mol. The highest BCUT2D eigenvalue weighted by molar-refractivity contribution is 5.27. The molecule has 2 rings (SSSR count). The minimum Gasteiger partial charge on any atom is -0.491 e. The van der Waals surface area contributed by atoms with Crippen molar-refractivity contribution in [1.82, 2.24) is 5.32 Å². The Bertz CT molecular complexity index is 462. The fraction of sp³-hybridized carbons (Fsp3) is 0.562. The first kappa shape index (κ1) is 14.8. The van der Waals surface area contributed by atoms with Crippen LogP contribution in [0, 0.1) is 11.3 Å². The topological polar surface area (TPSA) is 54.3 Å². The van der Waals surface area contributed by atoms with E-state index in [0.717, 1.165) is 31.6 Å². The summed E-state index contributed by atoms with van der Waals surface area (Å²) in [5, 5.41) is 12.6. The van der Waals surface area contributed by atoms with Crippen molar-refractivity contribution in [3.8, 4) is 11.8 Å². The summed E-state index contributed by atoms with van der Waals surface area (Å²) in [5.74, 6) is 0.797. The van der Waals surface area contributed by atoms with E-state index in [1.54, 1.807) is 7.11 Å². The SMILES string of the molecule is COCCc1ccc(OCC(C)(C#N)NC2CC2)cc1. The van der Waals surface area contributed by atoms with Crippen LogP contribution in [0.15, 0.2) is 24.3 Å². The predicted octanol–water partition coefficient (Wildman–Crippen LogP) is 2.29. The number of ether oxygens (including phenoxy) is 2. The number of hydrogen-bond donors (Lipinski definition) is 1. The van der Waals surface area contributed by atoms with E-state index in [4.69, 9.17) is 9.47 Å². The van der Waals surface area contributed by atoms with Crippen LogP contribution in [0.5, 0.6) is 5.75 Å². The van der Waals surface area contributed by atoms with Crippen molar-refractivity contribution in [2.75, 3.05) is 20.3 Å². The van der Waals surface area contributed by atoms with Crippen LogP contribution in [0.2, 0.25) is 0 Å². The molecule has 1 N–H and O–H groups in total. The molecule has 0 heterocycles. The molecule has 1 unspecified atom stereocenters. The molecule has 1 atom stereocenters. The summed E-state index contributed by atoms with van der Waals surface area (Å²) >= 11 is 0. The number of benzene rings is 1. The fourth-order valence-electron chi connectivity index (χ4n) is 1.98. The molecule has 0 bridgehead atoms. The van der Waals surface area contributed by atoms with E-state index in [1.165, 1.54) is 5.56 Å². The highest BCUT2D eigenvalue weighted by Gasteiger charge is 2.33. The number of nitriles is 1. The summed E-state index contributed by atoms with van der Waals surface area (Å²) in [4.78, 5) is 0. The van der Waals surface area contributed by atoms with Crippen LogP contribution < -0.4 is 10.1 Å². The minimum atomic E-state index is -0.615. The number of methoxy groups -OCH3 is 1. The van der Waals surface area contributed by atoms with Gasteiger partial charge < -0.3 is 9.47 Å². The molecule has 1 aromatic carbocycles. The number of nitrogens with one attached hydrogen (secondary N) is 1. The summed E-state index contributed by atoms with van der Waals surface area (Å²) < 4.78 is 10.8. The Morgan fingerprint density at radius 1 is 1.35 bits per heavy atom. The molecule has 1 fully saturated rings. The average molecular weight is 274 g/mol. The zero-order valence-electron chi connectivity index (χ0n) is 12.2. The molecule has 1 saturated carbocycles. The molecule has 1 aliphatic carbocycles. The second-order valence-corrected chi connectivity index (χ2v) is 5.54. The van der Waals surface area contributed by atoms with Gasteiger partial charge >= 0.3 is 0 Å². The number of rotatable bonds is 8. The van der Waals surface area contributed by atoms with Crippen molar-refractivity contribution in [3.05, 3.63) is 29.8 Å². The van der Waals surface area contributed by atoms with Gasteiger partial charge in [-0.05, 0) is 43.9 Å². The van der Waals surface area contributed by atoms with Crippen molar-refractivity contribution < 1.29 is 9.47 Å². The van der Waals surface area contributed by atoms with Crippen molar-refractivity contribution in [1.29, 1.82) is 5.26 Å². The molecular weight excluding hydrogens is 252 g/mol. The molecule has 1 aliphatic rings. The van der Waals surface area contributed by atoms with Crippen LogP contribution in [0.1, 0.15) is 25.3 Å². The summed E-state index contributed by atoms with van der Waals surface area (Å²) in [5.41, 5.74) is 0.606. The van der Waals surface area contributed by atoms with Crippen molar-refractivity contribution >= 4 is 0 Å². The van der Waals surface area contributed by atoms with Gasteiger partial charge in [0.15, 0.2) is 0 Å². The lowest BCUT2D eigenvalue weighted by Gasteiger charge is -2.23. The third kappa shape index (κ3) is 4.52. The zero-order chi connectivity index (χ0) is 14.4. The van der Waals surface area contributed by atoms with E-state index >= 15 is 0 Å². The Hall–Kier alpha value is -1.57. The van der Waals surface area contributed by atoms with Gasteiger partial charge in [0.25, 0.3) is 0 Å². The van der Waals surface area contributed by atoms with Gasteiger partial charge in [0, 0.05) is 13.2 Å². The Kier molecular flexibility index (Phi) is 4.99. The quantitative estimate of drug-likeness (QED) is 0.790. The molecule has 4 heteroatoms. The van der Waals surface area contributed by atoms with Crippen LogP contribution in [0.4, 0.5) is 0 Å². The lowest BCUT2D eigenvalue weighted by atomic mass is 10.1. The second-order valence-electron chi connectivity index (χ2n) is 5.54. The van der Waals surface area contributed by atoms with E-state index in [1.807, 2.05) is 31.2 Å². The van der Waals surface area contributed by atoms with Gasteiger partial charge in [-0.25, -0.2) is 0 Å². The predicted molar refractivity (Wildman–Crippen MR) is 77.7 cm³/mol. The van der Waals surface area contributed by atoms with Gasteiger partial charge in [-0.1, -0.05) is 12.1 Å². The lowest BCUT2D eigenvalue weighted by molar-refractivity contribution is 0.202. The van der Waals surface area contributed by atoms with Crippen LogP contribution >= 0.6 is 0 Å². The van der Waals surface area contributed by atoms with E-state index in [2.05, 4.69) is 11.4 Å². The van der Waals surface area contributed by atoms with Crippen molar-refractivity contribution in [2.45, 2.75) is 37.8 Å². The van der Waals surface area contributed by atoms with Gasteiger partial charge in [0.05, 0.1) is 12.7 Å². The average Bonchev–Trinajstić information content (AvgIpc) is 3.28. The van der Waals surface area contributed by atoms with Crippen LogP contribution in [0.3, 0.4) is 0 Å². The Balaban J connectivity index is 1.84. The van der Waals surface area contributed by atoms with Crippen molar-refractivity contribution in [3.63, 3.8) is 0 Å². The highest BCUT2D eigenvalue weighted by Crippen LogP contribution is 2.23. The standard InChI is InChI=1S/C16H22N2O2/c1-16(11-17,18-14-5-6-14)12-20-15-7-3-13(4-8-15)9-10-19-2/h3-4,7-8,14,18H,5-6,9-10,12H2,1-2H3. The Labute approximate surface area is 120 Å².